The summed E-state index contributed by atoms with van der Waals surface area (Å²) in [5.74, 6) is 0.405. The Balaban J connectivity index is 2.21. The second-order valence-electron chi connectivity index (χ2n) is 3.59. The average molecular weight is 247 g/mol. The maximum absolute atomic E-state index is 7.53. The van der Waals surface area contributed by atoms with Gasteiger partial charge < -0.3 is 10.5 Å². The third kappa shape index (κ3) is 2.62. The summed E-state index contributed by atoms with van der Waals surface area (Å²) < 4.78 is 5.60. The van der Waals surface area contributed by atoms with Crippen LogP contribution < -0.4 is 10.5 Å². The molecule has 0 amide bonds. The summed E-state index contributed by atoms with van der Waals surface area (Å²) in [5, 5.41) is 9.52. The molecular formula is C12H13N3OS. The van der Waals surface area contributed by atoms with Gasteiger partial charge in [-0.05, 0) is 30.0 Å². The van der Waals surface area contributed by atoms with Crippen LogP contribution in [0.1, 0.15) is 16.0 Å². The molecule has 0 unspecified atom stereocenters. The van der Waals surface area contributed by atoms with Crippen molar-refractivity contribution in [1.29, 1.82) is 5.41 Å². The van der Waals surface area contributed by atoms with Crippen LogP contribution in [0.4, 0.5) is 0 Å². The van der Waals surface area contributed by atoms with E-state index < -0.39 is 0 Å². The lowest BCUT2D eigenvalue weighted by Crippen LogP contribution is -2.15. The highest BCUT2D eigenvalue weighted by Gasteiger charge is 2.11. The van der Waals surface area contributed by atoms with E-state index in [2.05, 4.69) is 4.98 Å². The number of aryl methyl sites for hydroxylation is 1. The number of aromatic nitrogens is 1. The summed E-state index contributed by atoms with van der Waals surface area (Å²) in [7, 11) is 0. The highest BCUT2D eigenvalue weighted by molar-refractivity contribution is 7.09. The van der Waals surface area contributed by atoms with Crippen molar-refractivity contribution in [2.75, 3.05) is 0 Å². The van der Waals surface area contributed by atoms with Gasteiger partial charge in [0.15, 0.2) is 0 Å². The number of thiophene rings is 1. The predicted octanol–water partition coefficient (Wildman–Crippen LogP) is 2.31. The van der Waals surface area contributed by atoms with Crippen molar-refractivity contribution in [2.45, 2.75) is 13.5 Å². The third-order valence-corrected chi connectivity index (χ3v) is 3.18. The molecule has 0 radical (unpaired) electrons. The van der Waals surface area contributed by atoms with Gasteiger partial charge in [-0.2, -0.15) is 0 Å². The zero-order chi connectivity index (χ0) is 12.3. The largest absolute Gasteiger partial charge is 0.471 e. The van der Waals surface area contributed by atoms with Crippen LogP contribution in [0.5, 0.6) is 5.88 Å². The molecule has 4 nitrogen and oxygen atoms in total. The first-order chi connectivity index (χ1) is 8.18. The van der Waals surface area contributed by atoms with Crippen LogP contribution in [0.15, 0.2) is 29.8 Å². The molecule has 0 aliphatic heterocycles. The molecule has 2 aromatic rings. The lowest BCUT2D eigenvalue weighted by Gasteiger charge is -2.10. The molecule has 3 N–H and O–H groups in total. The van der Waals surface area contributed by atoms with Crippen molar-refractivity contribution in [3.63, 3.8) is 0 Å². The molecule has 0 aliphatic rings. The number of amidine groups is 1. The first-order valence-corrected chi connectivity index (χ1v) is 6.01. The number of nitrogen functional groups attached to an aromatic ring is 1. The van der Waals surface area contributed by atoms with Crippen molar-refractivity contribution in [3.8, 4) is 5.88 Å². The number of hydrogen-bond donors (Lipinski definition) is 2. The number of pyridine rings is 1. The van der Waals surface area contributed by atoms with Crippen LogP contribution in [0.2, 0.25) is 0 Å². The van der Waals surface area contributed by atoms with Crippen molar-refractivity contribution in [1.82, 2.24) is 4.98 Å². The van der Waals surface area contributed by atoms with Crippen molar-refractivity contribution in [3.05, 3.63) is 45.8 Å². The fraction of sp³-hybridized carbons (Fsp3) is 0.167. The lowest BCUT2D eigenvalue weighted by molar-refractivity contribution is 0.296. The Morgan fingerprint density at radius 3 is 3.00 bits per heavy atom. The van der Waals surface area contributed by atoms with Gasteiger partial charge in [0, 0.05) is 11.1 Å². The molecule has 0 spiro atoms. The smallest absolute Gasteiger partial charge is 0.225 e. The van der Waals surface area contributed by atoms with Crippen LogP contribution in [0, 0.1) is 12.3 Å². The SMILES string of the molecule is Cc1ccnc(OCc2cccs2)c1C(=N)N. The normalized spacial score (nSPS) is 10.2. The zero-order valence-electron chi connectivity index (χ0n) is 9.43. The monoisotopic (exact) mass is 247 g/mol. The summed E-state index contributed by atoms with van der Waals surface area (Å²) in [4.78, 5) is 5.24. The van der Waals surface area contributed by atoms with E-state index in [1.807, 2.05) is 30.5 Å². The number of nitrogens with two attached hydrogens (primary N) is 1. The van der Waals surface area contributed by atoms with Crippen molar-refractivity contribution in [2.24, 2.45) is 5.73 Å². The van der Waals surface area contributed by atoms with Gasteiger partial charge in [0.05, 0.1) is 5.56 Å². The Kier molecular flexibility index (Phi) is 3.39. The Morgan fingerprint density at radius 1 is 1.53 bits per heavy atom. The molecule has 0 atom stereocenters. The minimum absolute atomic E-state index is 0.0169. The molecule has 2 aromatic heterocycles. The third-order valence-electron chi connectivity index (χ3n) is 2.33. The highest BCUT2D eigenvalue weighted by Crippen LogP contribution is 2.20. The molecular weight excluding hydrogens is 234 g/mol. The van der Waals surface area contributed by atoms with E-state index in [4.69, 9.17) is 15.9 Å². The van der Waals surface area contributed by atoms with Crippen molar-refractivity contribution >= 4 is 17.2 Å². The minimum Gasteiger partial charge on any atom is -0.471 e. The van der Waals surface area contributed by atoms with Gasteiger partial charge in [0.25, 0.3) is 0 Å². The van der Waals surface area contributed by atoms with E-state index >= 15 is 0 Å². The van der Waals surface area contributed by atoms with E-state index in [-0.39, 0.29) is 5.84 Å². The molecule has 88 valence electrons. The van der Waals surface area contributed by atoms with Crippen LogP contribution >= 0.6 is 11.3 Å². The van der Waals surface area contributed by atoms with Crippen LogP contribution in [0.25, 0.3) is 0 Å². The Bertz CT molecular complexity index is 523. The molecule has 0 saturated carbocycles. The summed E-state index contributed by atoms with van der Waals surface area (Å²) >= 11 is 1.62. The highest BCUT2D eigenvalue weighted by atomic mass is 32.1. The molecule has 0 aliphatic carbocycles. The number of ether oxygens (including phenoxy) is 1. The molecule has 0 saturated heterocycles. The van der Waals surface area contributed by atoms with E-state index in [9.17, 15) is 0 Å². The van der Waals surface area contributed by atoms with Gasteiger partial charge in [0.1, 0.15) is 12.4 Å². The maximum atomic E-state index is 7.53. The fourth-order valence-corrected chi connectivity index (χ4v) is 2.12. The van der Waals surface area contributed by atoms with Crippen LogP contribution in [-0.2, 0) is 6.61 Å². The number of nitrogens with zero attached hydrogens (tertiary/aromatic N) is 1. The molecule has 0 fully saturated rings. The summed E-state index contributed by atoms with van der Waals surface area (Å²) in [6.07, 6.45) is 1.66. The standard InChI is InChI=1S/C12H13N3OS/c1-8-4-5-15-12(10(8)11(13)14)16-7-9-3-2-6-17-9/h2-6H,7H2,1H3,(H3,13,14). The molecule has 2 heterocycles. The van der Waals surface area contributed by atoms with E-state index in [1.54, 1.807) is 17.5 Å². The number of hydrogen-bond acceptors (Lipinski definition) is 4. The van der Waals surface area contributed by atoms with Gasteiger partial charge in [-0.3, -0.25) is 5.41 Å². The van der Waals surface area contributed by atoms with Crippen LogP contribution in [0.3, 0.4) is 0 Å². The fourth-order valence-electron chi connectivity index (χ4n) is 1.50. The van der Waals surface area contributed by atoms with Gasteiger partial charge in [-0.1, -0.05) is 6.07 Å². The summed E-state index contributed by atoms with van der Waals surface area (Å²) in [5.41, 5.74) is 7.00. The van der Waals surface area contributed by atoms with Gasteiger partial charge in [-0.25, -0.2) is 4.98 Å². The minimum atomic E-state index is -0.0169. The Hall–Kier alpha value is -1.88. The molecule has 0 aromatic carbocycles. The van der Waals surface area contributed by atoms with Gasteiger partial charge >= 0.3 is 0 Å². The van der Waals surface area contributed by atoms with Gasteiger partial charge in [0.2, 0.25) is 5.88 Å². The number of rotatable bonds is 4. The maximum Gasteiger partial charge on any atom is 0.225 e. The predicted molar refractivity (Wildman–Crippen MR) is 68.6 cm³/mol. The zero-order valence-corrected chi connectivity index (χ0v) is 10.3. The quantitative estimate of drug-likeness (QED) is 0.643. The topological polar surface area (TPSA) is 72.0 Å². The molecule has 0 bridgehead atoms. The molecule has 2 rings (SSSR count). The Labute approximate surface area is 104 Å². The first kappa shape index (κ1) is 11.6. The molecule has 17 heavy (non-hydrogen) atoms. The second-order valence-corrected chi connectivity index (χ2v) is 4.62. The first-order valence-electron chi connectivity index (χ1n) is 5.13. The summed E-state index contributed by atoms with van der Waals surface area (Å²) in [6, 6.07) is 5.78. The van der Waals surface area contributed by atoms with E-state index in [1.165, 1.54) is 0 Å². The Morgan fingerprint density at radius 2 is 2.35 bits per heavy atom. The summed E-state index contributed by atoms with van der Waals surface area (Å²) in [6.45, 7) is 2.34. The lowest BCUT2D eigenvalue weighted by atomic mass is 10.1. The second kappa shape index (κ2) is 4.97. The number of nitrogens with one attached hydrogen (secondary N) is 1. The van der Waals surface area contributed by atoms with Crippen LogP contribution in [-0.4, -0.2) is 10.8 Å². The molecule has 5 heteroatoms. The van der Waals surface area contributed by atoms with Crippen molar-refractivity contribution < 1.29 is 4.74 Å². The average Bonchev–Trinajstić information content (AvgIpc) is 2.78. The van der Waals surface area contributed by atoms with E-state index in [0.29, 0.717) is 18.1 Å². The van der Waals surface area contributed by atoms with Gasteiger partial charge in [-0.15, -0.1) is 11.3 Å². The van der Waals surface area contributed by atoms with E-state index in [0.717, 1.165) is 10.4 Å².